The van der Waals surface area contributed by atoms with Gasteiger partial charge in [-0.1, -0.05) is 0 Å². The molecule has 2 N–H and O–H groups in total. The van der Waals surface area contributed by atoms with Gasteiger partial charge >= 0.3 is 0 Å². The quantitative estimate of drug-likeness (QED) is 0.805. The first-order chi connectivity index (χ1) is 7.24. The summed E-state index contributed by atoms with van der Waals surface area (Å²) < 4.78 is 0. The van der Waals surface area contributed by atoms with Crippen molar-refractivity contribution >= 4 is 24.8 Å². The van der Waals surface area contributed by atoms with Crippen molar-refractivity contribution in [2.45, 2.75) is 38.8 Å². The molecule has 3 unspecified atom stereocenters. The number of nitrogens with zero attached hydrogens (tertiary/aromatic N) is 1. The van der Waals surface area contributed by atoms with Crippen LogP contribution < -0.4 is 10.6 Å². The number of nitrogens with one attached hydrogen (secondary N) is 2. The molecule has 0 spiro atoms. The Morgan fingerprint density at radius 1 is 1.12 bits per heavy atom. The molecule has 0 saturated carbocycles. The van der Waals surface area contributed by atoms with Gasteiger partial charge in [0.05, 0.1) is 0 Å². The average Bonchev–Trinajstić information content (AvgIpc) is 2.17. The molecule has 0 aromatic heterocycles. The highest BCUT2D eigenvalue weighted by Crippen LogP contribution is 2.14. The lowest BCUT2D eigenvalue weighted by atomic mass is 9.98. The maximum atomic E-state index is 3.59. The van der Waals surface area contributed by atoms with E-state index < -0.39 is 0 Å². The second kappa shape index (κ2) is 8.54. The predicted octanol–water partition coefficient (Wildman–Crippen LogP) is 1.51. The summed E-state index contributed by atoms with van der Waals surface area (Å²) in [6.07, 6.45) is 2.78. The second-order valence-electron chi connectivity index (χ2n) is 5.40. The van der Waals surface area contributed by atoms with Gasteiger partial charge in [0.25, 0.3) is 0 Å². The number of hydrogen-bond donors (Lipinski definition) is 2. The smallest absolute Gasteiger partial charge is 0.0169 e. The van der Waals surface area contributed by atoms with Crippen molar-refractivity contribution < 1.29 is 0 Å². The van der Waals surface area contributed by atoms with Gasteiger partial charge in [0.2, 0.25) is 0 Å². The molecule has 2 aliphatic rings. The van der Waals surface area contributed by atoms with Crippen LogP contribution in [0.1, 0.15) is 26.7 Å². The normalized spacial score (nSPS) is 34.6. The summed E-state index contributed by atoms with van der Waals surface area (Å²) in [5.41, 5.74) is 0. The fourth-order valence-corrected chi connectivity index (χ4v) is 3.03. The lowest BCUT2D eigenvalue weighted by Gasteiger charge is -2.38. The number of piperidine rings is 1. The van der Waals surface area contributed by atoms with Crippen molar-refractivity contribution in [3.8, 4) is 0 Å². The Morgan fingerprint density at radius 2 is 1.76 bits per heavy atom. The summed E-state index contributed by atoms with van der Waals surface area (Å²) in [7, 11) is 0. The van der Waals surface area contributed by atoms with Gasteiger partial charge in [-0.3, -0.25) is 4.90 Å². The minimum absolute atomic E-state index is 0. The first kappa shape index (κ1) is 17.5. The molecule has 0 aliphatic carbocycles. The Kier molecular flexibility index (Phi) is 8.77. The minimum Gasteiger partial charge on any atom is -0.316 e. The highest BCUT2D eigenvalue weighted by atomic mass is 35.5. The summed E-state index contributed by atoms with van der Waals surface area (Å²) in [4.78, 5) is 2.64. The molecule has 104 valence electrons. The molecule has 3 atom stereocenters. The molecule has 2 saturated heterocycles. The van der Waals surface area contributed by atoms with Crippen LogP contribution in [0.4, 0.5) is 0 Å². The maximum Gasteiger partial charge on any atom is 0.0169 e. The predicted molar refractivity (Wildman–Crippen MR) is 78.6 cm³/mol. The van der Waals surface area contributed by atoms with E-state index in [9.17, 15) is 0 Å². The van der Waals surface area contributed by atoms with E-state index in [1.54, 1.807) is 0 Å². The molecule has 0 amide bonds. The number of halogens is 2. The molecule has 2 rings (SSSR count). The first-order valence-corrected chi connectivity index (χ1v) is 6.43. The van der Waals surface area contributed by atoms with Gasteiger partial charge in [-0.2, -0.15) is 0 Å². The molecule has 0 bridgehead atoms. The fourth-order valence-electron chi connectivity index (χ4n) is 3.03. The maximum absolute atomic E-state index is 3.59. The monoisotopic (exact) mass is 283 g/mol. The second-order valence-corrected chi connectivity index (χ2v) is 5.40. The van der Waals surface area contributed by atoms with E-state index in [-0.39, 0.29) is 24.8 Å². The zero-order valence-electron chi connectivity index (χ0n) is 10.9. The van der Waals surface area contributed by atoms with E-state index in [2.05, 4.69) is 29.4 Å². The highest BCUT2D eigenvalue weighted by Gasteiger charge is 2.23. The number of rotatable bonds is 2. The molecule has 0 radical (unpaired) electrons. The van der Waals surface area contributed by atoms with Crippen molar-refractivity contribution in [1.82, 2.24) is 15.5 Å². The van der Waals surface area contributed by atoms with Crippen LogP contribution in [0.3, 0.4) is 0 Å². The van der Waals surface area contributed by atoms with Crippen LogP contribution in [0.25, 0.3) is 0 Å². The molecular weight excluding hydrogens is 257 g/mol. The van der Waals surface area contributed by atoms with Gasteiger partial charge in [0.1, 0.15) is 0 Å². The van der Waals surface area contributed by atoms with Crippen molar-refractivity contribution in [3.05, 3.63) is 0 Å². The summed E-state index contributed by atoms with van der Waals surface area (Å²) in [5, 5.41) is 7.09. The zero-order chi connectivity index (χ0) is 10.7. The molecule has 2 heterocycles. The molecular formula is C12H27Cl2N3. The largest absolute Gasteiger partial charge is 0.316 e. The van der Waals surface area contributed by atoms with Gasteiger partial charge in [-0.25, -0.2) is 0 Å². The third-order valence-corrected chi connectivity index (χ3v) is 3.55. The Morgan fingerprint density at radius 3 is 2.29 bits per heavy atom. The molecule has 0 aromatic carbocycles. The van der Waals surface area contributed by atoms with Crippen molar-refractivity contribution in [1.29, 1.82) is 0 Å². The van der Waals surface area contributed by atoms with Crippen molar-refractivity contribution in [2.75, 3.05) is 32.7 Å². The average molecular weight is 284 g/mol. The van der Waals surface area contributed by atoms with Crippen LogP contribution >= 0.6 is 24.8 Å². The molecule has 0 aromatic rings. The first-order valence-electron chi connectivity index (χ1n) is 6.43. The van der Waals surface area contributed by atoms with Gasteiger partial charge in [0, 0.05) is 31.7 Å². The molecule has 5 heteroatoms. The van der Waals surface area contributed by atoms with Crippen LogP contribution in [0, 0.1) is 5.92 Å². The molecule has 2 fully saturated rings. The van der Waals surface area contributed by atoms with Crippen LogP contribution in [-0.4, -0.2) is 49.7 Å². The molecule has 2 aliphatic heterocycles. The molecule has 17 heavy (non-hydrogen) atoms. The number of hydrogen-bond acceptors (Lipinski definition) is 3. The highest BCUT2D eigenvalue weighted by molar-refractivity contribution is 5.85. The Labute approximate surface area is 118 Å². The van der Waals surface area contributed by atoms with Gasteiger partial charge < -0.3 is 10.6 Å². The fraction of sp³-hybridized carbons (Fsp3) is 1.00. The Hall–Kier alpha value is 0.460. The standard InChI is InChI=1S/C12H25N3.2ClH/c1-10-7-15(8-11(2)14-10)9-12-4-3-5-13-6-12;;/h10-14H,3-9H2,1-2H3;2*1H. The van der Waals surface area contributed by atoms with Crippen LogP contribution in [0.2, 0.25) is 0 Å². The summed E-state index contributed by atoms with van der Waals surface area (Å²) in [6, 6.07) is 1.32. The lowest BCUT2D eigenvalue weighted by molar-refractivity contribution is 0.141. The topological polar surface area (TPSA) is 27.3 Å². The summed E-state index contributed by atoms with van der Waals surface area (Å²) >= 11 is 0. The zero-order valence-corrected chi connectivity index (χ0v) is 12.6. The summed E-state index contributed by atoms with van der Waals surface area (Å²) in [6.45, 7) is 10.8. The van der Waals surface area contributed by atoms with Gasteiger partial charge in [-0.05, 0) is 45.7 Å². The van der Waals surface area contributed by atoms with E-state index in [1.165, 1.54) is 45.6 Å². The Bertz CT molecular complexity index is 188. The van der Waals surface area contributed by atoms with Crippen LogP contribution in [0.5, 0.6) is 0 Å². The Balaban J connectivity index is 0.00000128. The van der Waals surface area contributed by atoms with Gasteiger partial charge in [-0.15, -0.1) is 24.8 Å². The van der Waals surface area contributed by atoms with E-state index in [4.69, 9.17) is 0 Å². The third-order valence-electron chi connectivity index (χ3n) is 3.55. The molecule has 3 nitrogen and oxygen atoms in total. The van der Waals surface area contributed by atoms with E-state index in [0.717, 1.165) is 5.92 Å². The van der Waals surface area contributed by atoms with Crippen molar-refractivity contribution in [3.63, 3.8) is 0 Å². The summed E-state index contributed by atoms with van der Waals surface area (Å²) in [5.74, 6) is 0.885. The number of piperazine rings is 1. The third kappa shape index (κ3) is 5.75. The van der Waals surface area contributed by atoms with Crippen LogP contribution in [-0.2, 0) is 0 Å². The van der Waals surface area contributed by atoms with Crippen molar-refractivity contribution in [2.24, 2.45) is 5.92 Å². The van der Waals surface area contributed by atoms with Crippen LogP contribution in [0.15, 0.2) is 0 Å². The SMILES string of the molecule is CC1CN(CC2CCCNC2)CC(C)N1.Cl.Cl. The lowest BCUT2D eigenvalue weighted by Crippen LogP contribution is -2.55. The van der Waals surface area contributed by atoms with E-state index >= 15 is 0 Å². The van der Waals surface area contributed by atoms with Gasteiger partial charge in [0.15, 0.2) is 0 Å². The van der Waals surface area contributed by atoms with E-state index in [0.29, 0.717) is 12.1 Å². The minimum atomic E-state index is 0. The van der Waals surface area contributed by atoms with E-state index in [1.807, 2.05) is 0 Å².